The van der Waals surface area contributed by atoms with Crippen LogP contribution in [0.4, 0.5) is 5.69 Å². The van der Waals surface area contributed by atoms with Gasteiger partial charge in [0, 0.05) is 25.3 Å². The molecule has 0 aliphatic carbocycles. The van der Waals surface area contributed by atoms with Crippen molar-refractivity contribution in [1.29, 1.82) is 0 Å². The van der Waals surface area contributed by atoms with Crippen LogP contribution in [0.5, 0.6) is 0 Å². The summed E-state index contributed by atoms with van der Waals surface area (Å²) in [6.45, 7) is 7.50. The molecule has 1 unspecified atom stereocenters. The van der Waals surface area contributed by atoms with Crippen molar-refractivity contribution in [3.63, 3.8) is 0 Å². The van der Waals surface area contributed by atoms with Crippen molar-refractivity contribution in [2.24, 2.45) is 0 Å². The van der Waals surface area contributed by atoms with Gasteiger partial charge in [0.1, 0.15) is 0 Å². The standard InChI is InChI=1S/C15H23NO3/c1-4-16-13-9-7-12(8-10-13)11-14(18-5-2)15(17)19-6-3/h7-10,14,16H,4-6,11H2,1-3H3. The SMILES string of the molecule is CCNc1ccc(CC(OCC)C(=O)OCC)cc1. The zero-order valence-corrected chi connectivity index (χ0v) is 11.9. The number of anilines is 1. The largest absolute Gasteiger partial charge is 0.464 e. The molecule has 0 saturated carbocycles. The Morgan fingerprint density at radius 1 is 1.16 bits per heavy atom. The van der Waals surface area contributed by atoms with Crippen LogP contribution in [0.2, 0.25) is 0 Å². The Kier molecular flexibility index (Phi) is 6.97. The maximum Gasteiger partial charge on any atom is 0.335 e. The molecule has 0 fully saturated rings. The van der Waals surface area contributed by atoms with Gasteiger partial charge in [-0.15, -0.1) is 0 Å². The minimum atomic E-state index is -0.519. The van der Waals surface area contributed by atoms with E-state index in [4.69, 9.17) is 9.47 Å². The van der Waals surface area contributed by atoms with Gasteiger partial charge in [-0.25, -0.2) is 4.79 Å². The number of ether oxygens (including phenoxy) is 2. The minimum absolute atomic E-state index is 0.292. The molecular formula is C15H23NO3. The Bertz CT molecular complexity index is 375. The maximum absolute atomic E-state index is 11.7. The molecule has 0 radical (unpaired) electrons. The van der Waals surface area contributed by atoms with E-state index < -0.39 is 6.10 Å². The van der Waals surface area contributed by atoms with Crippen LogP contribution in [-0.4, -0.2) is 31.8 Å². The van der Waals surface area contributed by atoms with Gasteiger partial charge in [-0.05, 0) is 38.5 Å². The molecule has 0 heterocycles. The topological polar surface area (TPSA) is 47.6 Å². The number of benzene rings is 1. The smallest absolute Gasteiger partial charge is 0.335 e. The Hall–Kier alpha value is -1.55. The number of rotatable bonds is 8. The Morgan fingerprint density at radius 2 is 1.84 bits per heavy atom. The van der Waals surface area contributed by atoms with E-state index in [1.54, 1.807) is 6.92 Å². The van der Waals surface area contributed by atoms with E-state index in [2.05, 4.69) is 12.2 Å². The van der Waals surface area contributed by atoms with Crippen LogP contribution in [0.3, 0.4) is 0 Å². The third kappa shape index (κ3) is 5.30. The van der Waals surface area contributed by atoms with Gasteiger partial charge in [-0.3, -0.25) is 0 Å². The molecule has 4 nitrogen and oxygen atoms in total. The lowest BCUT2D eigenvalue weighted by molar-refractivity contribution is -0.156. The molecule has 106 valence electrons. The Balaban J connectivity index is 2.64. The van der Waals surface area contributed by atoms with Crippen molar-refractivity contribution >= 4 is 11.7 Å². The summed E-state index contributed by atoms with van der Waals surface area (Å²) >= 11 is 0. The average Bonchev–Trinajstić information content (AvgIpc) is 2.41. The molecule has 4 heteroatoms. The first-order valence-electron chi connectivity index (χ1n) is 6.82. The Morgan fingerprint density at radius 3 is 2.37 bits per heavy atom. The highest BCUT2D eigenvalue weighted by Gasteiger charge is 2.20. The van der Waals surface area contributed by atoms with Crippen molar-refractivity contribution in [2.45, 2.75) is 33.3 Å². The minimum Gasteiger partial charge on any atom is -0.464 e. The van der Waals surface area contributed by atoms with Crippen LogP contribution < -0.4 is 5.32 Å². The molecule has 0 bridgehead atoms. The zero-order chi connectivity index (χ0) is 14.1. The molecular weight excluding hydrogens is 242 g/mol. The fraction of sp³-hybridized carbons (Fsp3) is 0.533. The van der Waals surface area contributed by atoms with E-state index in [0.717, 1.165) is 17.8 Å². The third-order valence-electron chi connectivity index (χ3n) is 2.67. The van der Waals surface area contributed by atoms with Gasteiger partial charge in [0.25, 0.3) is 0 Å². The van der Waals surface area contributed by atoms with Crippen LogP contribution in [0.25, 0.3) is 0 Å². The summed E-state index contributed by atoms with van der Waals surface area (Å²) in [5.41, 5.74) is 2.14. The maximum atomic E-state index is 11.7. The van der Waals surface area contributed by atoms with Crippen molar-refractivity contribution in [1.82, 2.24) is 0 Å². The summed E-state index contributed by atoms with van der Waals surface area (Å²) in [5, 5.41) is 3.23. The van der Waals surface area contributed by atoms with E-state index in [9.17, 15) is 4.79 Å². The van der Waals surface area contributed by atoms with E-state index in [0.29, 0.717) is 19.6 Å². The first-order valence-corrected chi connectivity index (χ1v) is 6.82. The van der Waals surface area contributed by atoms with Gasteiger partial charge in [0.2, 0.25) is 0 Å². The summed E-state index contributed by atoms with van der Waals surface area (Å²) in [7, 11) is 0. The molecule has 1 atom stereocenters. The highest BCUT2D eigenvalue weighted by atomic mass is 16.6. The fourth-order valence-electron chi connectivity index (χ4n) is 1.82. The second kappa shape index (κ2) is 8.53. The van der Waals surface area contributed by atoms with Crippen LogP contribution in [0.1, 0.15) is 26.3 Å². The molecule has 1 aromatic rings. The average molecular weight is 265 g/mol. The summed E-state index contributed by atoms with van der Waals surface area (Å²) in [6.07, 6.45) is 0.0222. The molecule has 1 rings (SSSR count). The van der Waals surface area contributed by atoms with Crippen LogP contribution in [-0.2, 0) is 20.7 Å². The molecule has 0 aromatic heterocycles. The van der Waals surface area contributed by atoms with Crippen LogP contribution in [0.15, 0.2) is 24.3 Å². The van der Waals surface area contributed by atoms with Gasteiger partial charge in [0.05, 0.1) is 6.61 Å². The van der Waals surface area contributed by atoms with Crippen molar-refractivity contribution < 1.29 is 14.3 Å². The monoisotopic (exact) mass is 265 g/mol. The summed E-state index contributed by atoms with van der Waals surface area (Å²) in [6, 6.07) is 8.02. The van der Waals surface area contributed by atoms with Crippen LogP contribution in [0, 0.1) is 0 Å². The van der Waals surface area contributed by atoms with E-state index in [1.807, 2.05) is 31.2 Å². The zero-order valence-electron chi connectivity index (χ0n) is 11.9. The van der Waals surface area contributed by atoms with Crippen molar-refractivity contribution in [3.05, 3.63) is 29.8 Å². The van der Waals surface area contributed by atoms with Gasteiger partial charge in [-0.2, -0.15) is 0 Å². The number of carbonyl (C=O) groups excluding carboxylic acids is 1. The normalized spacial score (nSPS) is 11.9. The Labute approximate surface area is 115 Å². The quantitative estimate of drug-likeness (QED) is 0.734. The lowest BCUT2D eigenvalue weighted by Crippen LogP contribution is -2.28. The van der Waals surface area contributed by atoms with Gasteiger partial charge < -0.3 is 14.8 Å². The molecule has 0 amide bonds. The van der Waals surface area contributed by atoms with E-state index in [1.165, 1.54) is 0 Å². The van der Waals surface area contributed by atoms with Gasteiger partial charge in [0.15, 0.2) is 6.10 Å². The predicted octanol–water partition coefficient (Wildman–Crippen LogP) is 2.63. The fourth-order valence-corrected chi connectivity index (χ4v) is 1.82. The third-order valence-corrected chi connectivity index (χ3v) is 2.67. The molecule has 0 saturated heterocycles. The van der Waals surface area contributed by atoms with Crippen molar-refractivity contribution in [3.8, 4) is 0 Å². The first-order chi connectivity index (χ1) is 9.21. The summed E-state index contributed by atoms with van der Waals surface area (Å²) in [5.74, 6) is -0.292. The highest BCUT2D eigenvalue weighted by molar-refractivity contribution is 5.75. The highest BCUT2D eigenvalue weighted by Crippen LogP contribution is 2.13. The summed E-state index contributed by atoms with van der Waals surface area (Å²) in [4.78, 5) is 11.7. The molecule has 0 spiro atoms. The number of hydrogen-bond acceptors (Lipinski definition) is 4. The lowest BCUT2D eigenvalue weighted by atomic mass is 10.1. The lowest BCUT2D eigenvalue weighted by Gasteiger charge is -2.15. The molecule has 0 aliphatic heterocycles. The number of nitrogens with one attached hydrogen (secondary N) is 1. The number of esters is 1. The van der Waals surface area contributed by atoms with Gasteiger partial charge >= 0.3 is 5.97 Å². The van der Waals surface area contributed by atoms with Crippen LogP contribution >= 0.6 is 0 Å². The van der Waals surface area contributed by atoms with E-state index >= 15 is 0 Å². The second-order valence-corrected chi connectivity index (χ2v) is 4.13. The van der Waals surface area contributed by atoms with Crippen molar-refractivity contribution in [2.75, 3.05) is 25.1 Å². The summed E-state index contributed by atoms with van der Waals surface area (Å²) < 4.78 is 10.5. The molecule has 0 aliphatic rings. The van der Waals surface area contributed by atoms with Gasteiger partial charge in [-0.1, -0.05) is 12.1 Å². The molecule has 19 heavy (non-hydrogen) atoms. The molecule has 1 aromatic carbocycles. The molecule has 1 N–H and O–H groups in total. The second-order valence-electron chi connectivity index (χ2n) is 4.13. The first kappa shape index (κ1) is 15.5. The predicted molar refractivity (Wildman–Crippen MR) is 76.4 cm³/mol. The van der Waals surface area contributed by atoms with E-state index in [-0.39, 0.29) is 5.97 Å². The number of carbonyl (C=O) groups is 1. The number of hydrogen-bond donors (Lipinski definition) is 1.